The number of hydrogen-bond donors (Lipinski definition) is 3. The highest BCUT2D eigenvalue weighted by Crippen LogP contribution is 2.35. The maximum absolute atomic E-state index is 10.1. The molecule has 0 aliphatic carbocycles. The van der Waals surface area contributed by atoms with Crippen LogP contribution in [-0.4, -0.2) is 34.2 Å². The number of aliphatic hydroxyl groups excluding tert-OH is 1. The minimum absolute atomic E-state index is 0.453. The first-order valence-electron chi connectivity index (χ1n) is 2.92. The molecule has 7 heteroatoms. The van der Waals surface area contributed by atoms with Crippen molar-refractivity contribution in [2.45, 2.75) is 6.10 Å². The van der Waals surface area contributed by atoms with Gasteiger partial charge in [0.05, 0.1) is 13.2 Å². The Morgan fingerprint density at radius 2 is 2.17 bits per heavy atom. The minimum Gasteiger partial charge on any atom is -0.439 e. The molecule has 0 spiro atoms. The van der Waals surface area contributed by atoms with Gasteiger partial charge in [-0.25, -0.2) is 4.57 Å². The Hall–Kier alpha value is -0.570. The van der Waals surface area contributed by atoms with E-state index in [9.17, 15) is 4.57 Å². The summed E-state index contributed by atoms with van der Waals surface area (Å²) in [6, 6.07) is 0. The lowest BCUT2D eigenvalue weighted by atomic mass is 10.4. The Bertz CT molecular complexity index is 202. The lowest BCUT2D eigenvalue weighted by Crippen LogP contribution is -2.21. The van der Waals surface area contributed by atoms with Gasteiger partial charge in [-0.15, -0.1) is 0 Å². The highest BCUT2D eigenvalue weighted by molar-refractivity contribution is 7.46. The first-order chi connectivity index (χ1) is 5.49. The third-order valence-corrected chi connectivity index (χ3v) is 1.35. The van der Waals surface area contributed by atoms with Crippen molar-refractivity contribution in [3.63, 3.8) is 0 Å². The summed E-state index contributed by atoms with van der Waals surface area (Å²) in [5, 5.41) is 8.50. The monoisotopic (exact) mass is 196 g/mol. The van der Waals surface area contributed by atoms with Crippen molar-refractivity contribution in [1.29, 1.82) is 0 Å². The van der Waals surface area contributed by atoms with E-state index >= 15 is 0 Å². The van der Waals surface area contributed by atoms with Gasteiger partial charge in [0.15, 0.2) is 6.10 Å². The zero-order valence-corrected chi connectivity index (χ0v) is 6.98. The van der Waals surface area contributed by atoms with Crippen LogP contribution in [0.3, 0.4) is 0 Å². The third-order valence-electron chi connectivity index (χ3n) is 0.867. The van der Waals surface area contributed by atoms with Gasteiger partial charge in [0, 0.05) is 0 Å². The molecule has 3 N–H and O–H groups in total. The van der Waals surface area contributed by atoms with Crippen molar-refractivity contribution in [2.75, 3.05) is 13.2 Å². The third kappa shape index (κ3) is 6.16. The number of ether oxygens (including phenoxy) is 1. The Labute approximate surface area is 69.4 Å². The van der Waals surface area contributed by atoms with Gasteiger partial charge in [-0.1, -0.05) is 6.42 Å². The van der Waals surface area contributed by atoms with Crippen molar-refractivity contribution in [3.05, 3.63) is 0 Å². The smallest absolute Gasteiger partial charge is 0.439 e. The zero-order chi connectivity index (χ0) is 9.61. The van der Waals surface area contributed by atoms with E-state index in [2.05, 4.69) is 9.26 Å². The molecule has 0 aliphatic heterocycles. The molecule has 0 radical (unpaired) electrons. The Morgan fingerprint density at radius 3 is 2.50 bits per heavy atom. The van der Waals surface area contributed by atoms with E-state index in [1.54, 1.807) is 6.11 Å². The topological polar surface area (TPSA) is 96.2 Å². The molecule has 0 aromatic heterocycles. The summed E-state index contributed by atoms with van der Waals surface area (Å²) in [6.07, 6.45) is 5.56. The molecule has 0 fully saturated rings. The molecular weight excluding hydrogens is 187 g/mol. The number of phosphoric ester groups is 1. The van der Waals surface area contributed by atoms with Crippen LogP contribution in [0, 0.1) is 12.5 Å². The van der Waals surface area contributed by atoms with Crippen LogP contribution < -0.4 is 0 Å². The summed E-state index contributed by atoms with van der Waals surface area (Å²) in [4.78, 5) is 16.5. The first-order valence-corrected chi connectivity index (χ1v) is 4.45. The molecule has 0 amide bonds. The van der Waals surface area contributed by atoms with E-state index in [4.69, 9.17) is 21.3 Å². The normalized spacial score (nSPS) is 13.5. The van der Waals surface area contributed by atoms with Crippen LogP contribution >= 0.6 is 7.82 Å². The van der Waals surface area contributed by atoms with E-state index < -0.39 is 27.1 Å². The zero-order valence-electron chi connectivity index (χ0n) is 6.08. The highest BCUT2D eigenvalue weighted by Gasteiger charge is 2.18. The summed E-state index contributed by atoms with van der Waals surface area (Å²) >= 11 is 0. The van der Waals surface area contributed by atoms with Gasteiger partial charge in [0.1, 0.15) is 6.11 Å². The number of rotatable bonds is 5. The standard InChI is InChI=1S/C5H9O6P/c1-2-10-5(3-6)4-11-12(7,8)9/h1,5-6H,3-4H2,(H2,7,8,9). The van der Waals surface area contributed by atoms with E-state index in [0.29, 0.717) is 0 Å². The van der Waals surface area contributed by atoms with Gasteiger partial charge in [-0.05, 0) is 0 Å². The Morgan fingerprint density at radius 1 is 1.58 bits per heavy atom. The summed E-state index contributed by atoms with van der Waals surface area (Å²) in [5.41, 5.74) is 0. The van der Waals surface area contributed by atoms with Crippen LogP contribution in [0.25, 0.3) is 0 Å². The lowest BCUT2D eigenvalue weighted by molar-refractivity contribution is 0.0408. The summed E-state index contributed by atoms with van der Waals surface area (Å²) < 4.78 is 18.6. The van der Waals surface area contributed by atoms with Crippen LogP contribution in [0.5, 0.6) is 0 Å². The highest BCUT2D eigenvalue weighted by atomic mass is 31.2. The average Bonchev–Trinajstić information content (AvgIpc) is 1.96. The van der Waals surface area contributed by atoms with Crippen molar-refractivity contribution >= 4 is 7.82 Å². The number of phosphoric acid groups is 1. The predicted octanol–water partition coefficient (Wildman–Crippen LogP) is -0.936. The van der Waals surface area contributed by atoms with Crippen molar-refractivity contribution in [3.8, 4) is 12.5 Å². The molecule has 0 aliphatic rings. The van der Waals surface area contributed by atoms with E-state index in [0.717, 1.165) is 0 Å². The fraction of sp³-hybridized carbons (Fsp3) is 0.600. The van der Waals surface area contributed by atoms with E-state index in [-0.39, 0.29) is 0 Å². The molecule has 0 saturated carbocycles. The fourth-order valence-electron chi connectivity index (χ4n) is 0.400. The number of aliphatic hydroxyl groups is 1. The predicted molar refractivity (Wildman–Crippen MR) is 38.8 cm³/mol. The molecule has 0 saturated heterocycles. The fourth-order valence-corrected chi connectivity index (χ4v) is 0.761. The maximum atomic E-state index is 10.1. The second-order valence-corrected chi connectivity index (χ2v) is 3.07. The molecule has 1 atom stereocenters. The molecule has 0 aromatic carbocycles. The van der Waals surface area contributed by atoms with Gasteiger partial charge in [-0.2, -0.15) is 0 Å². The lowest BCUT2D eigenvalue weighted by Gasteiger charge is -2.11. The molecular formula is C5H9O6P. The molecule has 0 aromatic rings. The Balaban J connectivity index is 3.75. The van der Waals surface area contributed by atoms with Gasteiger partial charge in [0.25, 0.3) is 0 Å². The quantitative estimate of drug-likeness (QED) is 0.388. The van der Waals surface area contributed by atoms with Crippen LogP contribution in [0.15, 0.2) is 0 Å². The SMILES string of the molecule is C#COC(CO)COP(=O)(O)O. The minimum atomic E-state index is -4.52. The van der Waals surface area contributed by atoms with Crippen LogP contribution in [0.1, 0.15) is 0 Å². The van der Waals surface area contributed by atoms with E-state index in [1.165, 1.54) is 0 Å². The molecule has 70 valence electrons. The average molecular weight is 196 g/mol. The van der Waals surface area contributed by atoms with Gasteiger partial charge >= 0.3 is 7.82 Å². The molecule has 1 unspecified atom stereocenters. The van der Waals surface area contributed by atoms with Crippen molar-refractivity contribution in [1.82, 2.24) is 0 Å². The second-order valence-electron chi connectivity index (χ2n) is 1.83. The second kappa shape index (κ2) is 5.14. The maximum Gasteiger partial charge on any atom is 0.469 e. The van der Waals surface area contributed by atoms with E-state index in [1.807, 2.05) is 0 Å². The van der Waals surface area contributed by atoms with Crippen LogP contribution in [0.2, 0.25) is 0 Å². The molecule has 12 heavy (non-hydrogen) atoms. The molecule has 6 nitrogen and oxygen atoms in total. The Kier molecular flexibility index (Phi) is 4.90. The summed E-state index contributed by atoms with van der Waals surface area (Å²) in [5.74, 6) is 0. The van der Waals surface area contributed by atoms with Gasteiger partial charge < -0.3 is 19.6 Å². The molecule has 0 bridgehead atoms. The number of terminal acetylenes is 1. The first kappa shape index (κ1) is 11.4. The van der Waals surface area contributed by atoms with Crippen molar-refractivity contribution in [2.24, 2.45) is 0 Å². The summed E-state index contributed by atoms with van der Waals surface area (Å²) in [6.45, 7) is -0.921. The van der Waals surface area contributed by atoms with Crippen LogP contribution in [-0.2, 0) is 13.8 Å². The molecule has 0 heterocycles. The summed E-state index contributed by atoms with van der Waals surface area (Å²) in [7, 11) is -4.52. The van der Waals surface area contributed by atoms with Gasteiger partial charge in [-0.3, -0.25) is 4.52 Å². The van der Waals surface area contributed by atoms with Crippen molar-refractivity contribution < 1.29 is 28.7 Å². The van der Waals surface area contributed by atoms with Gasteiger partial charge in [0.2, 0.25) is 0 Å². The van der Waals surface area contributed by atoms with Crippen LogP contribution in [0.4, 0.5) is 0 Å². The molecule has 0 rings (SSSR count). The number of hydrogen-bond acceptors (Lipinski definition) is 4. The largest absolute Gasteiger partial charge is 0.469 e.